The van der Waals surface area contributed by atoms with Crippen LogP contribution in [-0.2, 0) is 14.3 Å². The van der Waals surface area contributed by atoms with Crippen molar-refractivity contribution in [2.45, 2.75) is 25.8 Å². The number of hydrogen-bond acceptors (Lipinski definition) is 6. The maximum absolute atomic E-state index is 13.2. The van der Waals surface area contributed by atoms with E-state index in [2.05, 4.69) is 11.8 Å². The van der Waals surface area contributed by atoms with Crippen molar-refractivity contribution in [1.29, 1.82) is 0 Å². The summed E-state index contributed by atoms with van der Waals surface area (Å²) in [6, 6.07) is 13.3. The first kappa shape index (κ1) is 25.2. The van der Waals surface area contributed by atoms with Gasteiger partial charge in [-0.2, -0.15) is 0 Å². The summed E-state index contributed by atoms with van der Waals surface area (Å²) in [7, 11) is 0. The second kappa shape index (κ2) is 11.7. The predicted octanol–water partition coefficient (Wildman–Crippen LogP) is 4.27. The van der Waals surface area contributed by atoms with Gasteiger partial charge in [0.25, 0.3) is 11.7 Å². The standard InChI is InChI=1S/C27H31ClN2O5/c1-2-3-16-35-22-10-6-19(7-11-22)24-23(25(31)20-4-8-21(28)9-5-20)26(32)27(33)30(24)13-12-29-14-17-34-18-15-29/h4-11,24,31H,2-3,12-18H2,1H3/b25-23+. The van der Waals surface area contributed by atoms with Crippen LogP contribution in [0.3, 0.4) is 0 Å². The Morgan fingerprint density at radius 1 is 1.06 bits per heavy atom. The zero-order valence-electron chi connectivity index (χ0n) is 19.9. The summed E-state index contributed by atoms with van der Waals surface area (Å²) >= 11 is 6.00. The molecule has 0 saturated carbocycles. The van der Waals surface area contributed by atoms with E-state index < -0.39 is 17.7 Å². The number of ether oxygens (including phenoxy) is 2. The van der Waals surface area contributed by atoms with E-state index in [1.807, 2.05) is 24.3 Å². The molecule has 1 amide bonds. The van der Waals surface area contributed by atoms with Crippen LogP contribution in [0.25, 0.3) is 5.76 Å². The van der Waals surface area contributed by atoms with E-state index in [0.29, 0.717) is 43.5 Å². The number of benzene rings is 2. The van der Waals surface area contributed by atoms with E-state index >= 15 is 0 Å². The van der Waals surface area contributed by atoms with Crippen LogP contribution >= 0.6 is 11.6 Å². The predicted molar refractivity (Wildman–Crippen MR) is 135 cm³/mol. The molecule has 2 aliphatic rings. The van der Waals surface area contributed by atoms with E-state index in [9.17, 15) is 14.7 Å². The van der Waals surface area contributed by atoms with Gasteiger partial charge in [-0.15, -0.1) is 0 Å². The highest BCUT2D eigenvalue weighted by Gasteiger charge is 2.46. The number of rotatable bonds is 9. The van der Waals surface area contributed by atoms with Crippen molar-refractivity contribution in [3.63, 3.8) is 0 Å². The molecule has 8 heteroatoms. The summed E-state index contributed by atoms with van der Waals surface area (Å²) in [5.74, 6) is -0.776. The van der Waals surface area contributed by atoms with Gasteiger partial charge in [-0.05, 0) is 48.4 Å². The summed E-state index contributed by atoms with van der Waals surface area (Å²) < 4.78 is 11.2. The molecule has 0 aliphatic carbocycles. The molecule has 1 unspecified atom stereocenters. The highest BCUT2D eigenvalue weighted by atomic mass is 35.5. The normalized spacial score (nSPS) is 20.4. The molecule has 4 rings (SSSR count). The number of aliphatic hydroxyl groups is 1. The first-order valence-corrected chi connectivity index (χ1v) is 12.4. The SMILES string of the molecule is CCCCOc1ccc(C2/C(=C(\O)c3ccc(Cl)cc3)C(=O)C(=O)N2CCN2CCOCC2)cc1. The lowest BCUT2D eigenvalue weighted by Crippen LogP contribution is -2.42. The molecule has 2 aliphatic heterocycles. The number of hydrogen-bond donors (Lipinski definition) is 1. The summed E-state index contributed by atoms with van der Waals surface area (Å²) in [4.78, 5) is 30.1. The van der Waals surface area contributed by atoms with Crippen LogP contribution in [0.5, 0.6) is 5.75 Å². The van der Waals surface area contributed by atoms with E-state index in [1.54, 1.807) is 29.2 Å². The first-order chi connectivity index (χ1) is 17.0. The van der Waals surface area contributed by atoms with Crippen LogP contribution in [0.1, 0.15) is 36.9 Å². The number of ketones is 1. The number of carbonyl (C=O) groups is 2. The number of carbonyl (C=O) groups excluding carboxylic acids is 2. The molecule has 0 aromatic heterocycles. The lowest BCUT2D eigenvalue weighted by atomic mass is 9.95. The molecular formula is C27H31ClN2O5. The van der Waals surface area contributed by atoms with Crippen molar-refractivity contribution in [3.05, 3.63) is 70.3 Å². The molecule has 0 bridgehead atoms. The minimum Gasteiger partial charge on any atom is -0.507 e. The number of aliphatic hydroxyl groups excluding tert-OH is 1. The number of Topliss-reactive ketones (excluding diaryl/α,β-unsaturated/α-hetero) is 1. The maximum atomic E-state index is 13.2. The monoisotopic (exact) mass is 498 g/mol. The summed E-state index contributed by atoms with van der Waals surface area (Å²) in [6.45, 7) is 6.58. The molecule has 2 saturated heterocycles. The molecule has 2 heterocycles. The minimum absolute atomic E-state index is 0.0824. The Bertz CT molecular complexity index is 1060. The minimum atomic E-state index is -0.698. The molecule has 0 spiro atoms. The first-order valence-electron chi connectivity index (χ1n) is 12.1. The van der Waals surface area contributed by atoms with Gasteiger partial charge in [-0.1, -0.05) is 37.1 Å². The van der Waals surface area contributed by atoms with E-state index in [4.69, 9.17) is 21.1 Å². The Kier molecular flexibility index (Phi) is 8.44. The molecule has 186 valence electrons. The van der Waals surface area contributed by atoms with Crippen molar-refractivity contribution >= 4 is 29.1 Å². The van der Waals surface area contributed by atoms with Crippen LogP contribution < -0.4 is 4.74 Å². The van der Waals surface area contributed by atoms with Crippen molar-refractivity contribution in [3.8, 4) is 5.75 Å². The van der Waals surface area contributed by atoms with Crippen LogP contribution in [0.15, 0.2) is 54.1 Å². The number of likely N-dealkylation sites (tertiary alicyclic amines) is 1. The average Bonchev–Trinajstić information content (AvgIpc) is 3.13. The largest absolute Gasteiger partial charge is 0.507 e. The molecule has 35 heavy (non-hydrogen) atoms. The Balaban J connectivity index is 1.67. The second-order valence-corrected chi connectivity index (χ2v) is 9.16. The summed E-state index contributed by atoms with van der Waals surface area (Å²) in [5.41, 5.74) is 1.26. The van der Waals surface area contributed by atoms with Gasteiger partial charge in [0.05, 0.1) is 31.4 Å². The third-order valence-electron chi connectivity index (χ3n) is 6.38. The Labute approximate surface area is 210 Å². The van der Waals surface area contributed by atoms with E-state index in [0.717, 1.165) is 37.2 Å². The van der Waals surface area contributed by atoms with Gasteiger partial charge in [0.1, 0.15) is 11.5 Å². The van der Waals surface area contributed by atoms with Crippen LogP contribution in [0, 0.1) is 0 Å². The van der Waals surface area contributed by atoms with Crippen molar-refractivity contribution < 1.29 is 24.2 Å². The van der Waals surface area contributed by atoms with Crippen LogP contribution in [-0.4, -0.2) is 72.6 Å². The Morgan fingerprint density at radius 2 is 1.74 bits per heavy atom. The fraction of sp³-hybridized carbons (Fsp3) is 0.407. The molecule has 7 nitrogen and oxygen atoms in total. The Hall–Kier alpha value is -2.87. The fourth-order valence-electron chi connectivity index (χ4n) is 4.38. The topological polar surface area (TPSA) is 79.3 Å². The number of halogens is 1. The molecule has 0 radical (unpaired) electrons. The van der Waals surface area contributed by atoms with Crippen LogP contribution in [0.4, 0.5) is 0 Å². The third kappa shape index (κ3) is 5.86. The van der Waals surface area contributed by atoms with Gasteiger partial charge >= 0.3 is 0 Å². The van der Waals surface area contributed by atoms with Gasteiger partial charge < -0.3 is 19.5 Å². The van der Waals surface area contributed by atoms with Crippen molar-refractivity contribution in [1.82, 2.24) is 9.80 Å². The summed E-state index contributed by atoms with van der Waals surface area (Å²) in [5, 5.41) is 11.7. The second-order valence-electron chi connectivity index (χ2n) is 8.72. The lowest BCUT2D eigenvalue weighted by molar-refractivity contribution is -0.140. The molecule has 1 atom stereocenters. The summed E-state index contributed by atoms with van der Waals surface area (Å²) in [6.07, 6.45) is 2.01. The maximum Gasteiger partial charge on any atom is 0.295 e. The fourth-order valence-corrected chi connectivity index (χ4v) is 4.50. The van der Waals surface area contributed by atoms with Gasteiger partial charge in [0.2, 0.25) is 0 Å². The molecule has 2 aromatic rings. The quantitative estimate of drug-likeness (QED) is 0.241. The zero-order chi connectivity index (χ0) is 24.8. The van der Waals surface area contributed by atoms with E-state index in [-0.39, 0.29) is 11.3 Å². The zero-order valence-corrected chi connectivity index (χ0v) is 20.7. The number of unbranched alkanes of at least 4 members (excludes halogenated alkanes) is 1. The number of amides is 1. The van der Waals surface area contributed by atoms with E-state index in [1.165, 1.54) is 0 Å². The smallest absolute Gasteiger partial charge is 0.295 e. The number of nitrogens with zero attached hydrogens (tertiary/aromatic N) is 2. The molecule has 2 aromatic carbocycles. The van der Waals surface area contributed by atoms with Gasteiger partial charge in [-0.25, -0.2) is 0 Å². The highest BCUT2D eigenvalue weighted by Crippen LogP contribution is 2.39. The van der Waals surface area contributed by atoms with Gasteiger partial charge in [0, 0.05) is 36.8 Å². The van der Waals surface area contributed by atoms with Crippen molar-refractivity contribution in [2.75, 3.05) is 46.0 Å². The lowest BCUT2D eigenvalue weighted by Gasteiger charge is -2.31. The molecule has 1 N–H and O–H groups in total. The van der Waals surface area contributed by atoms with Crippen LogP contribution in [0.2, 0.25) is 5.02 Å². The molecular weight excluding hydrogens is 468 g/mol. The Morgan fingerprint density at radius 3 is 2.40 bits per heavy atom. The molecule has 2 fully saturated rings. The number of morpholine rings is 1. The van der Waals surface area contributed by atoms with Gasteiger partial charge in [-0.3, -0.25) is 14.5 Å². The average molecular weight is 499 g/mol. The highest BCUT2D eigenvalue weighted by molar-refractivity contribution is 6.46. The third-order valence-corrected chi connectivity index (χ3v) is 6.63. The van der Waals surface area contributed by atoms with Gasteiger partial charge in [0.15, 0.2) is 0 Å². The van der Waals surface area contributed by atoms with Crippen molar-refractivity contribution in [2.24, 2.45) is 0 Å².